The van der Waals surface area contributed by atoms with E-state index >= 15 is 0 Å². The van der Waals surface area contributed by atoms with Gasteiger partial charge in [-0.1, -0.05) is 19.2 Å². The first kappa shape index (κ1) is 17.6. The van der Waals surface area contributed by atoms with Crippen molar-refractivity contribution in [3.63, 3.8) is 0 Å². The first-order valence-corrected chi connectivity index (χ1v) is 5.86. The Morgan fingerprint density at radius 2 is 1.60 bits per heavy atom. The van der Waals surface area contributed by atoms with Crippen molar-refractivity contribution in [3.05, 3.63) is 36.5 Å². The van der Waals surface area contributed by atoms with Gasteiger partial charge in [0.1, 0.15) is 19.8 Å². The van der Waals surface area contributed by atoms with Crippen LogP contribution < -0.4 is 0 Å². The molecular weight excluding hydrogens is 264 g/mol. The minimum atomic E-state index is -0.643. The van der Waals surface area contributed by atoms with Crippen LogP contribution in [0, 0.1) is 0 Å². The van der Waals surface area contributed by atoms with Crippen LogP contribution in [0.3, 0.4) is 0 Å². The lowest BCUT2D eigenvalue weighted by molar-refractivity contribution is -0.148. The number of carbonyl (C=O) groups is 3. The average molecular weight is 282 g/mol. The molecule has 0 heterocycles. The van der Waals surface area contributed by atoms with Gasteiger partial charge >= 0.3 is 17.9 Å². The van der Waals surface area contributed by atoms with Crippen LogP contribution in [0.1, 0.15) is 13.8 Å². The van der Waals surface area contributed by atoms with E-state index in [4.69, 9.17) is 14.2 Å². The molecule has 110 valence electrons. The van der Waals surface area contributed by atoms with Crippen molar-refractivity contribution in [2.75, 3.05) is 19.8 Å². The van der Waals surface area contributed by atoms with Crippen molar-refractivity contribution in [1.29, 1.82) is 0 Å². The number of hydrogen-bond acceptors (Lipinski definition) is 6. The third kappa shape index (κ3) is 7.15. The SMILES string of the molecule is C=CC(=O)OCC(=CC)C(=O)OCCOC(=O)C(=C)C. The Morgan fingerprint density at radius 3 is 2.05 bits per heavy atom. The molecule has 6 heteroatoms. The van der Waals surface area contributed by atoms with E-state index in [0.717, 1.165) is 6.08 Å². The maximum absolute atomic E-state index is 11.6. The monoisotopic (exact) mass is 282 g/mol. The van der Waals surface area contributed by atoms with Crippen LogP contribution in [-0.2, 0) is 28.6 Å². The Bertz CT molecular complexity index is 433. The predicted octanol–water partition coefficient (Wildman–Crippen LogP) is 1.32. The summed E-state index contributed by atoms with van der Waals surface area (Å²) in [6, 6.07) is 0. The second kappa shape index (κ2) is 9.55. The molecule has 6 nitrogen and oxygen atoms in total. The lowest BCUT2D eigenvalue weighted by Gasteiger charge is -2.08. The van der Waals surface area contributed by atoms with Crippen LogP contribution in [0.5, 0.6) is 0 Å². The van der Waals surface area contributed by atoms with Gasteiger partial charge in [-0.15, -0.1) is 0 Å². The lowest BCUT2D eigenvalue weighted by Crippen LogP contribution is -2.18. The molecule has 0 aliphatic heterocycles. The molecule has 0 radical (unpaired) electrons. The first-order chi connectivity index (χ1) is 9.42. The maximum atomic E-state index is 11.6. The minimum Gasteiger partial charge on any atom is -0.459 e. The Kier molecular flexibility index (Phi) is 8.41. The van der Waals surface area contributed by atoms with E-state index in [1.165, 1.54) is 13.0 Å². The fourth-order valence-corrected chi connectivity index (χ4v) is 0.953. The van der Waals surface area contributed by atoms with E-state index in [2.05, 4.69) is 13.2 Å². The lowest BCUT2D eigenvalue weighted by atomic mass is 10.3. The molecule has 0 rings (SSSR count). The topological polar surface area (TPSA) is 78.9 Å². The molecule has 0 unspecified atom stereocenters. The summed E-state index contributed by atoms with van der Waals surface area (Å²) >= 11 is 0. The van der Waals surface area contributed by atoms with Crippen molar-refractivity contribution in [2.24, 2.45) is 0 Å². The quantitative estimate of drug-likeness (QED) is 0.289. The zero-order valence-electron chi connectivity index (χ0n) is 11.6. The Hall–Kier alpha value is -2.37. The Balaban J connectivity index is 4.05. The van der Waals surface area contributed by atoms with Crippen molar-refractivity contribution in [1.82, 2.24) is 0 Å². The number of esters is 3. The maximum Gasteiger partial charge on any atom is 0.337 e. The van der Waals surface area contributed by atoms with E-state index in [1.807, 2.05) is 0 Å². The van der Waals surface area contributed by atoms with Gasteiger partial charge in [-0.05, 0) is 13.8 Å². The fourth-order valence-electron chi connectivity index (χ4n) is 0.953. The highest BCUT2D eigenvalue weighted by Crippen LogP contribution is 2.00. The van der Waals surface area contributed by atoms with Crippen LogP contribution in [0.2, 0.25) is 0 Å². The van der Waals surface area contributed by atoms with Crippen molar-refractivity contribution < 1.29 is 28.6 Å². The molecule has 0 aromatic rings. The second-order valence-electron chi connectivity index (χ2n) is 3.68. The van der Waals surface area contributed by atoms with Gasteiger partial charge in [-0.2, -0.15) is 0 Å². The average Bonchev–Trinajstić information content (AvgIpc) is 2.43. The molecule has 0 amide bonds. The van der Waals surface area contributed by atoms with Crippen LogP contribution in [0.25, 0.3) is 0 Å². The Labute approximate surface area is 117 Å². The summed E-state index contributed by atoms with van der Waals surface area (Å²) in [4.78, 5) is 33.5. The molecule has 0 atom stereocenters. The molecule has 0 aliphatic carbocycles. The first-order valence-electron chi connectivity index (χ1n) is 5.86. The molecule has 0 N–H and O–H groups in total. The van der Waals surface area contributed by atoms with Crippen LogP contribution in [0.15, 0.2) is 36.5 Å². The van der Waals surface area contributed by atoms with E-state index in [9.17, 15) is 14.4 Å². The smallest absolute Gasteiger partial charge is 0.337 e. The highest BCUT2D eigenvalue weighted by molar-refractivity contribution is 5.89. The van der Waals surface area contributed by atoms with Crippen molar-refractivity contribution in [3.8, 4) is 0 Å². The van der Waals surface area contributed by atoms with Gasteiger partial charge in [0.15, 0.2) is 0 Å². The summed E-state index contributed by atoms with van der Waals surface area (Å²) in [5.41, 5.74) is 0.452. The zero-order valence-corrected chi connectivity index (χ0v) is 11.6. The van der Waals surface area contributed by atoms with Gasteiger partial charge in [-0.25, -0.2) is 14.4 Å². The van der Waals surface area contributed by atoms with Crippen molar-refractivity contribution in [2.45, 2.75) is 13.8 Å². The molecule has 0 aromatic carbocycles. The molecule has 0 bridgehead atoms. The molecule has 0 saturated heterocycles. The van der Waals surface area contributed by atoms with Crippen molar-refractivity contribution >= 4 is 17.9 Å². The normalized spacial score (nSPS) is 10.4. The predicted molar refractivity (Wildman–Crippen MR) is 71.6 cm³/mol. The van der Waals surface area contributed by atoms with E-state index in [-0.39, 0.29) is 31.0 Å². The number of hydrogen-bond donors (Lipinski definition) is 0. The van der Waals surface area contributed by atoms with Gasteiger partial charge < -0.3 is 14.2 Å². The summed E-state index contributed by atoms with van der Waals surface area (Å²) in [6.07, 6.45) is 2.47. The second-order valence-corrected chi connectivity index (χ2v) is 3.68. The van der Waals surface area contributed by atoms with Gasteiger partial charge in [0.2, 0.25) is 0 Å². The standard InChI is InChI=1S/C14H18O6/c1-5-11(9-20-12(15)6-2)14(17)19-8-7-18-13(16)10(3)4/h5-6H,2-3,7-9H2,1,4H3. The van der Waals surface area contributed by atoms with Gasteiger partial charge in [0.25, 0.3) is 0 Å². The van der Waals surface area contributed by atoms with Crippen LogP contribution >= 0.6 is 0 Å². The third-order valence-electron chi connectivity index (χ3n) is 2.05. The molecule has 20 heavy (non-hydrogen) atoms. The molecule has 0 aromatic heterocycles. The van der Waals surface area contributed by atoms with Crippen LogP contribution in [-0.4, -0.2) is 37.7 Å². The highest BCUT2D eigenvalue weighted by atomic mass is 16.6. The summed E-state index contributed by atoms with van der Waals surface area (Å²) in [6.45, 7) is 9.41. The fraction of sp³-hybridized carbons (Fsp3) is 0.357. The summed E-state index contributed by atoms with van der Waals surface area (Å²) < 4.78 is 14.3. The number of ether oxygens (including phenoxy) is 3. The largest absolute Gasteiger partial charge is 0.459 e. The molecular formula is C14H18O6. The number of rotatable bonds is 8. The summed E-state index contributed by atoms with van der Waals surface area (Å²) in [7, 11) is 0. The Morgan fingerprint density at radius 1 is 1.05 bits per heavy atom. The van der Waals surface area contributed by atoms with E-state index < -0.39 is 17.9 Å². The summed E-state index contributed by atoms with van der Waals surface area (Å²) in [5.74, 6) is -1.82. The highest BCUT2D eigenvalue weighted by Gasteiger charge is 2.12. The van der Waals surface area contributed by atoms with Gasteiger partial charge in [0, 0.05) is 11.6 Å². The van der Waals surface area contributed by atoms with E-state index in [1.54, 1.807) is 6.92 Å². The molecule has 0 spiro atoms. The van der Waals surface area contributed by atoms with Gasteiger partial charge in [-0.3, -0.25) is 0 Å². The molecule has 0 aliphatic rings. The van der Waals surface area contributed by atoms with Gasteiger partial charge in [0.05, 0.1) is 5.57 Å². The van der Waals surface area contributed by atoms with Crippen LogP contribution in [0.4, 0.5) is 0 Å². The minimum absolute atomic E-state index is 0.0686. The molecule has 0 fully saturated rings. The third-order valence-corrected chi connectivity index (χ3v) is 2.05. The van der Waals surface area contributed by atoms with E-state index in [0.29, 0.717) is 0 Å². The molecule has 0 saturated carbocycles. The number of allylic oxidation sites excluding steroid dienone is 1. The summed E-state index contributed by atoms with van der Waals surface area (Å²) in [5, 5.41) is 0. The zero-order chi connectivity index (χ0) is 15.5. The number of carbonyl (C=O) groups excluding carboxylic acids is 3.